The molecule has 1 amide bonds. The lowest BCUT2D eigenvalue weighted by atomic mass is 10.3. The first kappa shape index (κ1) is 19.0. The van der Waals surface area contributed by atoms with Crippen molar-refractivity contribution < 1.29 is 13.9 Å². The zero-order valence-corrected chi connectivity index (χ0v) is 17.3. The predicted octanol–water partition coefficient (Wildman–Crippen LogP) is 4.66. The summed E-state index contributed by atoms with van der Waals surface area (Å²) in [5, 5.41) is 7.40. The summed E-state index contributed by atoms with van der Waals surface area (Å²) in [6, 6.07) is 8.65. The second-order valence-electron chi connectivity index (χ2n) is 5.31. The van der Waals surface area contributed by atoms with Crippen LogP contribution >= 0.6 is 43.5 Å². The number of nitrogens with zero attached hydrogens (tertiary/aromatic N) is 2. The van der Waals surface area contributed by atoms with E-state index >= 15 is 0 Å². The van der Waals surface area contributed by atoms with E-state index < -0.39 is 0 Å². The van der Waals surface area contributed by atoms with Crippen LogP contribution < -0.4 is 10.1 Å². The smallest absolute Gasteiger partial charge is 0.287 e. The van der Waals surface area contributed by atoms with E-state index in [1.165, 1.54) is 0 Å². The molecule has 0 unspecified atom stereocenters. The Bertz CT molecular complexity index is 910. The molecule has 3 rings (SSSR count). The number of hydrogen-bond acceptors (Lipinski definition) is 4. The van der Waals surface area contributed by atoms with Crippen LogP contribution in [0.15, 0.2) is 56.1 Å². The van der Waals surface area contributed by atoms with Gasteiger partial charge in [0.1, 0.15) is 18.1 Å². The molecule has 6 nitrogen and oxygen atoms in total. The number of benzene rings is 1. The van der Waals surface area contributed by atoms with Crippen LogP contribution in [0.1, 0.15) is 16.3 Å². The summed E-state index contributed by atoms with van der Waals surface area (Å²) in [7, 11) is 0. The van der Waals surface area contributed by atoms with E-state index in [1.54, 1.807) is 35.1 Å². The molecule has 0 bridgehead atoms. The van der Waals surface area contributed by atoms with E-state index in [2.05, 4.69) is 42.3 Å². The summed E-state index contributed by atoms with van der Waals surface area (Å²) < 4.78 is 14.6. The highest BCUT2D eigenvalue weighted by molar-refractivity contribution is 9.10. The number of nitrogens with one attached hydrogen (secondary N) is 1. The van der Waals surface area contributed by atoms with E-state index in [0.29, 0.717) is 29.6 Å². The molecule has 26 heavy (non-hydrogen) atoms. The van der Waals surface area contributed by atoms with Gasteiger partial charge in [-0.2, -0.15) is 5.10 Å². The van der Waals surface area contributed by atoms with Crippen LogP contribution in [0.4, 0.5) is 0 Å². The Morgan fingerprint density at radius 3 is 2.85 bits per heavy atom. The predicted molar refractivity (Wildman–Crippen MR) is 104 cm³/mol. The zero-order valence-electron chi connectivity index (χ0n) is 13.4. The van der Waals surface area contributed by atoms with Crippen molar-refractivity contribution in [2.75, 3.05) is 6.54 Å². The minimum atomic E-state index is -0.288. The van der Waals surface area contributed by atoms with Gasteiger partial charge in [0.25, 0.3) is 5.91 Å². The third-order valence-electron chi connectivity index (χ3n) is 3.38. The van der Waals surface area contributed by atoms with E-state index in [4.69, 9.17) is 20.8 Å². The maximum Gasteiger partial charge on any atom is 0.287 e. The normalized spacial score (nSPS) is 10.7. The average Bonchev–Trinajstić information content (AvgIpc) is 3.23. The molecular formula is C17H14Br2ClN3O3. The lowest BCUT2D eigenvalue weighted by molar-refractivity contribution is 0.0920. The summed E-state index contributed by atoms with van der Waals surface area (Å²) in [5.41, 5.74) is 0. The van der Waals surface area contributed by atoms with Gasteiger partial charge in [0.2, 0.25) is 0 Å². The Hall–Kier alpha value is -1.77. The zero-order chi connectivity index (χ0) is 18.5. The Morgan fingerprint density at radius 1 is 1.27 bits per heavy atom. The highest BCUT2D eigenvalue weighted by Gasteiger charge is 2.12. The topological polar surface area (TPSA) is 69.3 Å². The van der Waals surface area contributed by atoms with Gasteiger partial charge >= 0.3 is 0 Å². The molecule has 3 aromatic rings. The van der Waals surface area contributed by atoms with Crippen LogP contribution in [-0.4, -0.2) is 22.2 Å². The summed E-state index contributed by atoms with van der Waals surface area (Å²) in [4.78, 5) is 12.1. The van der Waals surface area contributed by atoms with Crippen LogP contribution in [0.25, 0.3) is 0 Å². The van der Waals surface area contributed by atoms with Crippen LogP contribution in [0.5, 0.6) is 5.75 Å². The van der Waals surface area contributed by atoms with Crippen molar-refractivity contribution >= 4 is 49.4 Å². The molecular weight excluding hydrogens is 489 g/mol. The van der Waals surface area contributed by atoms with Gasteiger partial charge in [0.05, 0.1) is 22.2 Å². The maximum atomic E-state index is 12.1. The number of carbonyl (C=O) groups excluding carboxylic acids is 1. The summed E-state index contributed by atoms with van der Waals surface area (Å²) in [5.74, 6) is 1.02. The van der Waals surface area contributed by atoms with Gasteiger partial charge < -0.3 is 14.5 Å². The number of aromatic nitrogens is 2. The number of carbonyl (C=O) groups is 1. The maximum absolute atomic E-state index is 12.1. The molecule has 0 saturated carbocycles. The van der Waals surface area contributed by atoms with Crippen molar-refractivity contribution in [1.29, 1.82) is 0 Å². The van der Waals surface area contributed by atoms with Crippen molar-refractivity contribution in [1.82, 2.24) is 15.1 Å². The molecule has 0 saturated heterocycles. The van der Waals surface area contributed by atoms with E-state index in [9.17, 15) is 4.79 Å². The first-order chi connectivity index (χ1) is 12.5. The molecule has 2 heterocycles. The van der Waals surface area contributed by atoms with Crippen molar-refractivity contribution in [2.24, 2.45) is 0 Å². The lowest BCUT2D eigenvalue weighted by Crippen LogP contribution is -2.27. The average molecular weight is 504 g/mol. The molecule has 2 aromatic heterocycles. The minimum Gasteiger partial charge on any atom is -0.484 e. The number of furan rings is 1. The second kappa shape index (κ2) is 8.75. The van der Waals surface area contributed by atoms with Gasteiger partial charge in [-0.25, -0.2) is 0 Å². The fourth-order valence-corrected chi connectivity index (χ4v) is 3.21. The van der Waals surface area contributed by atoms with Gasteiger partial charge in [-0.05, 0) is 46.3 Å². The quantitative estimate of drug-likeness (QED) is 0.509. The molecule has 1 aromatic carbocycles. The molecule has 0 aliphatic heterocycles. The van der Waals surface area contributed by atoms with Crippen molar-refractivity contribution in [3.05, 3.63) is 68.2 Å². The number of ether oxygens (including phenoxy) is 1. The second-order valence-corrected chi connectivity index (χ2v) is 7.55. The Labute approximate surface area is 171 Å². The third-order valence-corrected chi connectivity index (χ3v) is 4.58. The summed E-state index contributed by atoms with van der Waals surface area (Å²) >= 11 is 12.8. The van der Waals surface area contributed by atoms with Gasteiger partial charge in [0.15, 0.2) is 5.76 Å². The summed E-state index contributed by atoms with van der Waals surface area (Å²) in [6.45, 7) is 1.18. The number of rotatable bonds is 7. The van der Waals surface area contributed by atoms with Crippen LogP contribution in [0.3, 0.4) is 0 Å². The highest BCUT2D eigenvalue weighted by Crippen LogP contribution is 2.28. The standard InChI is InChI=1S/C17H14Br2ClN3O3/c18-11-1-3-15(14(20)7-11)25-10-13-2-4-16(26-13)17(24)21-5-6-23-9-12(19)8-22-23/h1-4,7-9H,5-6,10H2,(H,21,24). The monoisotopic (exact) mass is 501 g/mol. The third kappa shape index (κ3) is 5.12. The fourth-order valence-electron chi connectivity index (χ4n) is 2.15. The lowest BCUT2D eigenvalue weighted by Gasteiger charge is -2.06. The molecule has 0 aliphatic carbocycles. The Kier molecular flexibility index (Phi) is 6.39. The minimum absolute atomic E-state index is 0.177. The van der Waals surface area contributed by atoms with E-state index in [1.807, 2.05) is 12.3 Å². The molecule has 0 radical (unpaired) electrons. The van der Waals surface area contributed by atoms with Crippen molar-refractivity contribution in [3.63, 3.8) is 0 Å². The molecule has 0 aliphatic rings. The first-order valence-electron chi connectivity index (χ1n) is 7.64. The fraction of sp³-hybridized carbons (Fsp3) is 0.176. The molecule has 9 heteroatoms. The van der Waals surface area contributed by atoms with Crippen LogP contribution in [0.2, 0.25) is 5.02 Å². The number of halogens is 3. The van der Waals surface area contributed by atoms with E-state index in [0.717, 1.165) is 8.95 Å². The largest absolute Gasteiger partial charge is 0.484 e. The van der Waals surface area contributed by atoms with Gasteiger partial charge in [-0.1, -0.05) is 27.5 Å². The van der Waals surface area contributed by atoms with Crippen LogP contribution in [0, 0.1) is 0 Å². The number of amides is 1. The van der Waals surface area contributed by atoms with Gasteiger partial charge in [0, 0.05) is 17.2 Å². The first-order valence-corrected chi connectivity index (χ1v) is 9.60. The number of hydrogen-bond donors (Lipinski definition) is 1. The molecule has 1 N–H and O–H groups in total. The Balaban J connectivity index is 1.49. The Morgan fingerprint density at radius 2 is 2.12 bits per heavy atom. The molecule has 0 atom stereocenters. The van der Waals surface area contributed by atoms with Crippen molar-refractivity contribution in [2.45, 2.75) is 13.2 Å². The van der Waals surface area contributed by atoms with Crippen LogP contribution in [-0.2, 0) is 13.2 Å². The van der Waals surface area contributed by atoms with Gasteiger partial charge in [-0.15, -0.1) is 0 Å². The highest BCUT2D eigenvalue weighted by atomic mass is 79.9. The molecule has 0 fully saturated rings. The van der Waals surface area contributed by atoms with Gasteiger partial charge in [-0.3, -0.25) is 9.48 Å². The van der Waals surface area contributed by atoms with E-state index in [-0.39, 0.29) is 18.3 Å². The molecule has 136 valence electrons. The SMILES string of the molecule is O=C(NCCn1cc(Br)cn1)c1ccc(COc2ccc(Br)cc2Cl)o1. The molecule has 0 spiro atoms. The van der Waals surface area contributed by atoms with Crippen molar-refractivity contribution in [3.8, 4) is 5.75 Å². The summed E-state index contributed by atoms with van der Waals surface area (Å²) in [6.07, 6.45) is 3.53.